The van der Waals surface area contributed by atoms with Crippen molar-refractivity contribution >= 4 is 23.2 Å². The highest BCUT2D eigenvalue weighted by Crippen LogP contribution is 2.35. The molecule has 0 N–H and O–H groups in total. The first-order valence-corrected chi connectivity index (χ1v) is 11.3. The van der Waals surface area contributed by atoms with Crippen molar-refractivity contribution in [3.63, 3.8) is 0 Å². The molecule has 0 spiro atoms. The molecule has 35 heavy (non-hydrogen) atoms. The molecule has 0 unspecified atom stereocenters. The van der Waals surface area contributed by atoms with Crippen LogP contribution in [0.15, 0.2) is 42.5 Å². The Hall–Kier alpha value is -4.41. The van der Waals surface area contributed by atoms with Crippen molar-refractivity contribution in [2.75, 3.05) is 37.9 Å². The van der Waals surface area contributed by atoms with Gasteiger partial charge in [-0.2, -0.15) is 0 Å². The number of carbonyl (C=O) groups is 3. The predicted octanol–water partition coefficient (Wildman–Crippen LogP) is 0.759. The lowest BCUT2D eigenvalue weighted by Crippen LogP contribution is -2.49. The number of nitrogens with zero attached hydrogens (tertiary/aromatic N) is 5. The van der Waals surface area contributed by atoms with Crippen LogP contribution >= 0.6 is 0 Å². The normalized spacial score (nSPS) is 16.3. The Kier molecular flexibility index (Phi) is 4.90. The van der Waals surface area contributed by atoms with Crippen molar-refractivity contribution in [3.05, 3.63) is 70.2 Å². The summed E-state index contributed by atoms with van der Waals surface area (Å²) in [6.07, 6.45) is 0.0121. The van der Waals surface area contributed by atoms with Crippen LogP contribution in [0, 0.1) is 5.21 Å². The van der Waals surface area contributed by atoms with Crippen molar-refractivity contribution in [1.29, 1.82) is 0 Å². The Morgan fingerprint density at radius 2 is 1.69 bits per heavy atom. The molecule has 3 aromatic rings. The Balaban J connectivity index is 1.12. The number of benzene rings is 2. The number of rotatable bonds is 4. The molecule has 3 heterocycles. The second-order valence-corrected chi connectivity index (χ2v) is 8.53. The van der Waals surface area contributed by atoms with E-state index in [0.29, 0.717) is 31.9 Å². The van der Waals surface area contributed by atoms with Crippen LogP contribution in [0.2, 0.25) is 0 Å². The summed E-state index contributed by atoms with van der Waals surface area (Å²) in [6.45, 7) is 2.52. The van der Waals surface area contributed by atoms with E-state index < -0.39 is 11.6 Å². The standard InChI is InChI=1S/C24H21N5O6/c30-20(27-11-9-26(10-12-27)15-5-6-18-19(13-15)35-14-34-18)7-8-28-22-21(25-29(28)33)23(31)16-3-1-2-4-17(16)24(22)32/h1-6,13H,7-12,14H2. The summed E-state index contributed by atoms with van der Waals surface area (Å²) in [6, 6.07) is 12.2. The lowest BCUT2D eigenvalue weighted by molar-refractivity contribution is -0.749. The van der Waals surface area contributed by atoms with Crippen LogP contribution in [0.3, 0.4) is 0 Å². The number of ether oxygens (including phenoxy) is 2. The fraction of sp³-hybridized carbons (Fsp3) is 0.292. The van der Waals surface area contributed by atoms with E-state index in [2.05, 4.69) is 10.00 Å². The molecule has 1 aromatic heterocycles. The van der Waals surface area contributed by atoms with Crippen molar-refractivity contribution in [2.24, 2.45) is 0 Å². The number of hydrogen-bond donors (Lipinski definition) is 0. The second kappa shape index (κ2) is 8.12. The van der Waals surface area contributed by atoms with Crippen LogP contribution in [0.5, 0.6) is 11.5 Å². The van der Waals surface area contributed by atoms with E-state index in [-0.39, 0.29) is 53.1 Å². The molecule has 2 aliphatic heterocycles. The summed E-state index contributed by atoms with van der Waals surface area (Å²) in [5.74, 6) is 0.397. The number of ketones is 2. The van der Waals surface area contributed by atoms with Gasteiger partial charge in [0.2, 0.25) is 30.0 Å². The van der Waals surface area contributed by atoms with Gasteiger partial charge in [-0.1, -0.05) is 24.3 Å². The highest BCUT2D eigenvalue weighted by molar-refractivity contribution is 6.26. The van der Waals surface area contributed by atoms with E-state index in [1.807, 2.05) is 18.2 Å². The maximum atomic E-state index is 13.0. The SMILES string of the molecule is O=C1c2ccccc2C(=O)c2c1n[n+]([O-])n2CCC(=O)N1CCN(c2ccc3c(c2)OCO3)CC1. The molecule has 1 saturated heterocycles. The quantitative estimate of drug-likeness (QED) is 0.313. The zero-order valence-electron chi connectivity index (χ0n) is 18.7. The van der Waals surface area contributed by atoms with Crippen molar-refractivity contribution in [3.8, 4) is 11.5 Å². The second-order valence-electron chi connectivity index (χ2n) is 8.53. The Bertz CT molecular complexity index is 1370. The highest BCUT2D eigenvalue weighted by Gasteiger charge is 2.39. The maximum Gasteiger partial charge on any atom is 0.231 e. The van der Waals surface area contributed by atoms with E-state index in [9.17, 15) is 19.6 Å². The Labute approximate surface area is 199 Å². The minimum absolute atomic E-state index is 0.0121. The molecule has 0 saturated carbocycles. The summed E-state index contributed by atoms with van der Waals surface area (Å²) in [5, 5.41) is 16.2. The average molecular weight is 475 g/mol. The molecule has 1 fully saturated rings. The number of amides is 1. The van der Waals surface area contributed by atoms with Gasteiger partial charge in [0.1, 0.15) is 0 Å². The first kappa shape index (κ1) is 21.1. The van der Waals surface area contributed by atoms with Crippen molar-refractivity contribution < 1.29 is 28.8 Å². The lowest BCUT2D eigenvalue weighted by atomic mass is 9.90. The van der Waals surface area contributed by atoms with Crippen LogP contribution < -0.4 is 19.3 Å². The molecule has 6 rings (SSSR count). The molecule has 0 atom stereocenters. The third-order valence-corrected chi connectivity index (χ3v) is 6.61. The first-order chi connectivity index (χ1) is 17.0. The third-order valence-electron chi connectivity index (χ3n) is 6.61. The van der Waals surface area contributed by atoms with E-state index in [4.69, 9.17) is 9.47 Å². The summed E-state index contributed by atoms with van der Waals surface area (Å²) in [7, 11) is 0. The summed E-state index contributed by atoms with van der Waals surface area (Å²) in [4.78, 5) is 42.8. The van der Waals surface area contributed by atoms with Gasteiger partial charge in [0, 0.05) is 59.1 Å². The molecular weight excluding hydrogens is 454 g/mol. The van der Waals surface area contributed by atoms with Gasteiger partial charge >= 0.3 is 0 Å². The molecule has 1 amide bonds. The number of fused-ring (bicyclic) bond motifs is 3. The number of carbonyl (C=O) groups excluding carboxylic acids is 3. The van der Waals surface area contributed by atoms with Gasteiger partial charge in [-0.25, -0.2) is 0 Å². The largest absolute Gasteiger partial charge is 0.571 e. The zero-order valence-corrected chi connectivity index (χ0v) is 18.7. The number of anilines is 1. The third kappa shape index (κ3) is 3.47. The zero-order chi connectivity index (χ0) is 24.1. The van der Waals surface area contributed by atoms with E-state index in [1.165, 1.54) is 0 Å². The molecule has 0 bridgehead atoms. The predicted molar refractivity (Wildman–Crippen MR) is 120 cm³/mol. The smallest absolute Gasteiger partial charge is 0.231 e. The van der Waals surface area contributed by atoms with Crippen LogP contribution in [0.4, 0.5) is 5.69 Å². The minimum Gasteiger partial charge on any atom is -0.571 e. The molecule has 178 valence electrons. The van der Waals surface area contributed by atoms with Gasteiger partial charge < -0.3 is 24.5 Å². The van der Waals surface area contributed by atoms with Gasteiger partial charge in [-0.05, 0) is 12.1 Å². The van der Waals surface area contributed by atoms with Crippen molar-refractivity contribution in [1.82, 2.24) is 14.7 Å². The van der Waals surface area contributed by atoms with Crippen LogP contribution in [-0.4, -0.2) is 65.1 Å². The van der Waals surface area contributed by atoms with E-state index in [0.717, 1.165) is 16.1 Å². The lowest BCUT2D eigenvalue weighted by Gasteiger charge is -2.36. The Morgan fingerprint density at radius 1 is 0.971 bits per heavy atom. The van der Waals surface area contributed by atoms with E-state index in [1.54, 1.807) is 29.2 Å². The summed E-state index contributed by atoms with van der Waals surface area (Å²) in [5.41, 5.74) is 1.23. The molecule has 0 radical (unpaired) electrons. The van der Waals surface area contributed by atoms with Gasteiger partial charge in [-0.15, -0.1) is 4.68 Å². The first-order valence-electron chi connectivity index (χ1n) is 11.3. The molecular formula is C24H21N5O6. The van der Waals surface area contributed by atoms with Gasteiger partial charge in [0.15, 0.2) is 17.2 Å². The van der Waals surface area contributed by atoms with Crippen LogP contribution in [0.25, 0.3) is 0 Å². The van der Waals surface area contributed by atoms with Gasteiger partial charge in [0.25, 0.3) is 0 Å². The monoisotopic (exact) mass is 475 g/mol. The molecule has 11 heteroatoms. The van der Waals surface area contributed by atoms with Crippen molar-refractivity contribution in [2.45, 2.75) is 13.0 Å². The maximum absolute atomic E-state index is 13.0. The Morgan fingerprint density at radius 3 is 2.46 bits per heavy atom. The molecule has 2 aromatic carbocycles. The number of hydrogen-bond acceptors (Lipinski definition) is 8. The molecule has 11 nitrogen and oxygen atoms in total. The van der Waals surface area contributed by atoms with E-state index >= 15 is 0 Å². The summed E-state index contributed by atoms with van der Waals surface area (Å²) < 4.78 is 11.9. The average Bonchev–Trinajstić information content (AvgIpc) is 3.49. The fourth-order valence-corrected chi connectivity index (χ4v) is 4.76. The minimum atomic E-state index is -0.468. The molecule has 3 aliphatic rings. The number of piperazine rings is 1. The summed E-state index contributed by atoms with van der Waals surface area (Å²) >= 11 is 0. The van der Waals surface area contributed by atoms with Crippen LogP contribution in [0.1, 0.15) is 38.5 Å². The topological polar surface area (TPSA) is 121 Å². The number of aromatic nitrogens is 3. The fourth-order valence-electron chi connectivity index (χ4n) is 4.76. The van der Waals surface area contributed by atoms with Gasteiger partial charge in [-0.3, -0.25) is 14.4 Å². The highest BCUT2D eigenvalue weighted by atomic mass is 16.7. The van der Waals surface area contributed by atoms with Gasteiger partial charge in [0.05, 0.1) is 13.0 Å². The van der Waals surface area contributed by atoms with Crippen LogP contribution in [-0.2, 0) is 11.3 Å². The molecule has 1 aliphatic carbocycles.